The normalized spacial score (nSPS) is 24.4. The van der Waals surface area contributed by atoms with Crippen LogP contribution in [0.5, 0.6) is 0 Å². The van der Waals surface area contributed by atoms with Gasteiger partial charge in [-0.3, -0.25) is 0 Å². The first-order valence-electron chi connectivity index (χ1n) is 5.10. The molecular weight excluding hydrogens is 232 g/mol. The summed E-state index contributed by atoms with van der Waals surface area (Å²) in [5, 5.41) is 28.5. The van der Waals surface area contributed by atoms with Crippen LogP contribution in [-0.4, -0.2) is 44.5 Å². The molecule has 3 atom stereocenters. The molecule has 0 spiro atoms. The number of cyclic esters (lactones) is 1. The van der Waals surface area contributed by atoms with Gasteiger partial charge in [-0.25, -0.2) is 4.79 Å². The predicted molar refractivity (Wildman–Crippen MR) is 60.4 cm³/mol. The maximum atomic E-state index is 10.9. The lowest BCUT2D eigenvalue weighted by molar-refractivity contribution is -0.146. The van der Waals surface area contributed by atoms with E-state index in [2.05, 4.69) is 4.74 Å². The summed E-state index contributed by atoms with van der Waals surface area (Å²) in [5.74, 6) is -2.04. The fourth-order valence-electron chi connectivity index (χ4n) is 1.20. The number of hydrogen-bond acceptors (Lipinski definition) is 6. The second kappa shape index (κ2) is 5.45. The van der Waals surface area contributed by atoms with Crippen LogP contribution in [0.3, 0.4) is 0 Å². The van der Waals surface area contributed by atoms with Crippen LogP contribution in [0.4, 0.5) is 0 Å². The highest BCUT2D eigenvalue weighted by Crippen LogP contribution is 2.24. The van der Waals surface area contributed by atoms with Gasteiger partial charge in [-0.15, -0.1) is 0 Å². The zero-order valence-electron chi connectivity index (χ0n) is 9.21. The second-order valence-corrected chi connectivity index (χ2v) is 5.15. The van der Waals surface area contributed by atoms with Gasteiger partial charge in [-0.1, -0.05) is 13.8 Å². The second-order valence-electron chi connectivity index (χ2n) is 3.68. The molecule has 3 N–H and O–H groups in total. The lowest BCUT2D eigenvalue weighted by atomic mass is 10.2. The van der Waals surface area contributed by atoms with Crippen molar-refractivity contribution >= 4 is 17.7 Å². The number of ether oxygens (including phenoxy) is 1. The van der Waals surface area contributed by atoms with Crippen LogP contribution in [0.15, 0.2) is 11.5 Å². The lowest BCUT2D eigenvalue weighted by Gasteiger charge is -2.18. The first kappa shape index (κ1) is 13.2. The Morgan fingerprint density at radius 3 is 2.56 bits per heavy atom. The van der Waals surface area contributed by atoms with Gasteiger partial charge >= 0.3 is 5.97 Å². The quantitative estimate of drug-likeness (QED) is 0.632. The van der Waals surface area contributed by atoms with Crippen LogP contribution in [-0.2, 0) is 9.53 Å². The molecule has 0 radical (unpaired) electrons. The third-order valence-electron chi connectivity index (χ3n) is 2.42. The SMILES string of the molecule is CCC(C)SC[C@H](O)[C@H]1OC(=O)C(O)=C1O. The number of rotatable bonds is 5. The summed E-state index contributed by atoms with van der Waals surface area (Å²) in [4.78, 5) is 10.9. The molecular formula is C10H16O5S. The third-order valence-corrected chi connectivity index (χ3v) is 3.85. The number of thioether (sulfide) groups is 1. The Bertz CT molecular complexity index is 302. The van der Waals surface area contributed by atoms with Gasteiger partial charge < -0.3 is 20.1 Å². The molecule has 0 aromatic carbocycles. The highest BCUT2D eigenvalue weighted by Gasteiger charge is 2.39. The topological polar surface area (TPSA) is 87.0 Å². The van der Waals surface area contributed by atoms with Gasteiger partial charge in [-0.05, 0) is 6.42 Å². The third kappa shape index (κ3) is 2.82. The molecule has 0 aromatic heterocycles. The van der Waals surface area contributed by atoms with E-state index in [-0.39, 0.29) is 0 Å². The minimum Gasteiger partial charge on any atom is -0.505 e. The molecule has 1 aliphatic heterocycles. The van der Waals surface area contributed by atoms with Crippen LogP contribution in [0, 0.1) is 0 Å². The van der Waals surface area contributed by atoms with Gasteiger partial charge in [0.05, 0.1) is 0 Å². The number of carbonyl (C=O) groups excluding carboxylic acids is 1. The molecule has 0 aromatic rings. The summed E-state index contributed by atoms with van der Waals surface area (Å²) >= 11 is 1.52. The Morgan fingerprint density at radius 2 is 2.12 bits per heavy atom. The molecule has 1 rings (SSSR count). The van der Waals surface area contributed by atoms with Crippen molar-refractivity contribution < 1.29 is 24.9 Å². The average Bonchev–Trinajstić information content (AvgIpc) is 2.53. The van der Waals surface area contributed by atoms with Crippen LogP contribution >= 0.6 is 11.8 Å². The molecule has 0 aliphatic carbocycles. The summed E-state index contributed by atoms with van der Waals surface area (Å²) in [7, 11) is 0. The zero-order chi connectivity index (χ0) is 12.3. The van der Waals surface area contributed by atoms with Crippen LogP contribution < -0.4 is 0 Å². The minimum absolute atomic E-state index is 0.338. The van der Waals surface area contributed by atoms with Gasteiger partial charge in [-0.2, -0.15) is 11.8 Å². The molecule has 0 fully saturated rings. The summed E-state index contributed by atoms with van der Waals surface area (Å²) in [6.45, 7) is 4.05. The number of carbonyl (C=O) groups is 1. The van der Waals surface area contributed by atoms with E-state index in [1.54, 1.807) is 0 Å². The van der Waals surface area contributed by atoms with E-state index in [0.717, 1.165) is 6.42 Å². The van der Waals surface area contributed by atoms with Crippen molar-refractivity contribution in [3.63, 3.8) is 0 Å². The van der Waals surface area contributed by atoms with Crippen molar-refractivity contribution in [3.8, 4) is 0 Å². The Labute approximate surface area is 98.1 Å². The van der Waals surface area contributed by atoms with E-state index >= 15 is 0 Å². The smallest absolute Gasteiger partial charge is 0.377 e. The van der Waals surface area contributed by atoms with Crippen molar-refractivity contribution in [3.05, 3.63) is 11.5 Å². The van der Waals surface area contributed by atoms with E-state index in [1.807, 2.05) is 13.8 Å². The molecule has 16 heavy (non-hydrogen) atoms. The first-order chi connectivity index (χ1) is 7.47. The van der Waals surface area contributed by atoms with Crippen LogP contribution in [0.1, 0.15) is 20.3 Å². The summed E-state index contributed by atoms with van der Waals surface area (Å²) in [6, 6.07) is 0. The van der Waals surface area contributed by atoms with Gasteiger partial charge in [0, 0.05) is 11.0 Å². The molecule has 1 aliphatic rings. The minimum atomic E-state index is -1.14. The van der Waals surface area contributed by atoms with Crippen molar-refractivity contribution in [2.24, 2.45) is 0 Å². The fourth-order valence-corrected chi connectivity index (χ4v) is 2.13. The molecule has 5 nitrogen and oxygen atoms in total. The van der Waals surface area contributed by atoms with E-state index in [1.165, 1.54) is 11.8 Å². The fraction of sp³-hybridized carbons (Fsp3) is 0.700. The maximum Gasteiger partial charge on any atom is 0.377 e. The van der Waals surface area contributed by atoms with Gasteiger partial charge in [0.15, 0.2) is 11.9 Å². The summed E-state index contributed by atoms with van der Waals surface area (Å²) < 4.78 is 4.64. The van der Waals surface area contributed by atoms with E-state index < -0.39 is 29.7 Å². The molecule has 0 amide bonds. The molecule has 92 valence electrons. The van der Waals surface area contributed by atoms with Gasteiger partial charge in [0.2, 0.25) is 5.76 Å². The number of hydrogen-bond donors (Lipinski definition) is 3. The summed E-state index contributed by atoms with van der Waals surface area (Å²) in [6.07, 6.45) is -1.17. The van der Waals surface area contributed by atoms with Crippen molar-refractivity contribution in [1.29, 1.82) is 0 Å². The molecule has 1 heterocycles. The monoisotopic (exact) mass is 248 g/mol. The number of aliphatic hydroxyl groups excluding tert-OH is 3. The van der Waals surface area contributed by atoms with Gasteiger partial charge in [0.1, 0.15) is 6.10 Å². The maximum absolute atomic E-state index is 10.9. The largest absolute Gasteiger partial charge is 0.505 e. The Balaban J connectivity index is 2.50. The van der Waals surface area contributed by atoms with Crippen LogP contribution in [0.25, 0.3) is 0 Å². The number of esters is 1. The molecule has 0 bridgehead atoms. The van der Waals surface area contributed by atoms with Crippen molar-refractivity contribution in [1.82, 2.24) is 0 Å². The first-order valence-corrected chi connectivity index (χ1v) is 6.15. The molecule has 0 saturated heterocycles. The Morgan fingerprint density at radius 1 is 1.50 bits per heavy atom. The number of aliphatic hydroxyl groups is 3. The van der Waals surface area contributed by atoms with Crippen molar-refractivity contribution in [2.45, 2.75) is 37.7 Å². The molecule has 1 unspecified atom stereocenters. The average molecular weight is 248 g/mol. The standard InChI is InChI=1S/C10H16O5S/c1-3-5(2)16-4-6(11)9-7(12)8(13)10(14)15-9/h5-6,9,11-13H,3-4H2,1-2H3/t5?,6-,9+/m0/s1. The highest BCUT2D eigenvalue weighted by molar-refractivity contribution is 7.99. The Hall–Kier alpha value is -0.880. The molecule has 0 saturated carbocycles. The van der Waals surface area contributed by atoms with Gasteiger partial charge in [0.25, 0.3) is 0 Å². The van der Waals surface area contributed by atoms with E-state index in [4.69, 9.17) is 5.11 Å². The van der Waals surface area contributed by atoms with Crippen molar-refractivity contribution in [2.75, 3.05) is 5.75 Å². The predicted octanol–water partition coefficient (Wildman–Crippen LogP) is 1.13. The Kier molecular flexibility index (Phi) is 4.49. The van der Waals surface area contributed by atoms with Crippen LogP contribution in [0.2, 0.25) is 0 Å². The molecule has 6 heteroatoms. The van der Waals surface area contributed by atoms with E-state index in [0.29, 0.717) is 11.0 Å². The zero-order valence-corrected chi connectivity index (χ0v) is 10.0. The highest BCUT2D eigenvalue weighted by atomic mass is 32.2. The lowest BCUT2D eigenvalue weighted by Crippen LogP contribution is -2.31. The van der Waals surface area contributed by atoms with E-state index in [9.17, 15) is 15.0 Å². The summed E-state index contributed by atoms with van der Waals surface area (Å²) in [5.41, 5.74) is 0.